The summed E-state index contributed by atoms with van der Waals surface area (Å²) in [4.78, 5) is 39.4. The summed E-state index contributed by atoms with van der Waals surface area (Å²) >= 11 is 0. The van der Waals surface area contributed by atoms with Gasteiger partial charge in [0, 0.05) is 83.1 Å². The lowest BCUT2D eigenvalue weighted by atomic mass is 9.79. The van der Waals surface area contributed by atoms with Crippen molar-refractivity contribution in [1.82, 2.24) is 0 Å². The molecule has 0 saturated carbocycles. The molecule has 0 amide bonds. The number of hydrogen-bond donors (Lipinski definition) is 3. The van der Waals surface area contributed by atoms with Gasteiger partial charge in [0.25, 0.3) is 0 Å². The fourth-order valence-electron chi connectivity index (χ4n) is 8.10. The number of hydrogen-bond acceptors (Lipinski definition) is 15. The maximum absolute atomic E-state index is 13.1. The van der Waals surface area contributed by atoms with Gasteiger partial charge in [0.2, 0.25) is 34.7 Å². The highest BCUT2D eigenvalue weighted by molar-refractivity contribution is 6.01. The highest BCUT2D eigenvalue weighted by Crippen LogP contribution is 2.70. The van der Waals surface area contributed by atoms with Crippen LogP contribution in [0.1, 0.15) is 137 Å². The van der Waals surface area contributed by atoms with Crippen LogP contribution in [0.3, 0.4) is 0 Å². The van der Waals surface area contributed by atoms with Gasteiger partial charge in [-0.3, -0.25) is 0 Å². The van der Waals surface area contributed by atoms with E-state index in [4.69, 9.17) is 56.8 Å². The first kappa shape index (κ1) is 37.3. The van der Waals surface area contributed by atoms with E-state index in [1.54, 1.807) is 83.1 Å². The molecule has 6 aliphatic rings. The van der Waals surface area contributed by atoms with Crippen LogP contribution in [-0.2, 0) is 0 Å². The van der Waals surface area contributed by atoms with E-state index in [1.165, 1.54) is 0 Å². The molecule has 18 heteroatoms. The van der Waals surface area contributed by atoms with E-state index in [0.29, 0.717) is 0 Å². The van der Waals surface area contributed by atoms with E-state index in [1.807, 2.05) is 0 Å². The van der Waals surface area contributed by atoms with Crippen LogP contribution in [-0.4, -0.2) is 68.0 Å². The molecule has 6 aliphatic heterocycles. The van der Waals surface area contributed by atoms with E-state index >= 15 is 0 Å². The number of aromatic carboxylic acids is 3. The van der Waals surface area contributed by atoms with Crippen molar-refractivity contribution >= 4 is 17.9 Å². The molecule has 6 heterocycles. The van der Waals surface area contributed by atoms with Gasteiger partial charge in [-0.15, -0.1) is 0 Å². The van der Waals surface area contributed by atoms with E-state index in [9.17, 15) is 29.7 Å². The van der Waals surface area contributed by atoms with Crippen molar-refractivity contribution in [3.05, 3.63) is 33.4 Å². The molecule has 58 heavy (non-hydrogen) atoms. The Balaban J connectivity index is 1.53. The third kappa shape index (κ3) is 5.25. The minimum Gasteiger partial charge on any atom is -0.477 e. The summed E-state index contributed by atoms with van der Waals surface area (Å²) in [5.41, 5.74) is -1.10. The fourth-order valence-corrected chi connectivity index (χ4v) is 8.10. The Morgan fingerprint density at radius 1 is 0.310 bits per heavy atom. The Bertz CT molecular complexity index is 2060. The van der Waals surface area contributed by atoms with Crippen LogP contribution < -0.4 is 56.8 Å². The average molecular weight is 809 g/mol. The quantitative estimate of drug-likeness (QED) is 0.213. The molecule has 0 spiro atoms. The zero-order valence-electron chi connectivity index (χ0n) is 33.5. The molecule has 3 aromatic rings. The van der Waals surface area contributed by atoms with Crippen LogP contribution in [0, 0.1) is 0 Å². The summed E-state index contributed by atoms with van der Waals surface area (Å²) in [7, 11) is 0. The smallest absolute Gasteiger partial charge is 0.343 e. The van der Waals surface area contributed by atoms with Crippen molar-refractivity contribution in [2.45, 2.75) is 124 Å². The first-order valence-corrected chi connectivity index (χ1v) is 18.3. The standard InChI is InChI=1S/C40H40O18/c1-35(2)47-20-14(21-27(54-36(3,4)48-21)17(32(41)42)26(20)53-35)13(15-22-28(55-37(5,6)49-22)18(33(43)44)29-23(15)50-38(7,8)56-29)16-24-30(57-39(9,10)51-24)19(34(45)46)31-25(16)52-40(11,12)58-31/h13H,1-12H3,(H,41,42)(H,43,44)(H,45,46). The number of ether oxygens (including phenoxy) is 12. The minimum atomic E-state index is -1.50. The zero-order valence-corrected chi connectivity index (χ0v) is 33.5. The van der Waals surface area contributed by atoms with E-state index in [2.05, 4.69) is 0 Å². The molecule has 9 rings (SSSR count). The number of carboxylic acids is 3. The molecule has 0 saturated heterocycles. The summed E-state index contributed by atoms with van der Waals surface area (Å²) in [5, 5.41) is 32.1. The van der Waals surface area contributed by atoms with E-state index in [-0.39, 0.29) is 85.7 Å². The Hall–Kier alpha value is -6.33. The molecular formula is C40H40O18. The predicted octanol–water partition coefficient (Wildman–Crippen LogP) is 7.01. The maximum Gasteiger partial charge on any atom is 0.343 e. The van der Waals surface area contributed by atoms with Gasteiger partial charge >= 0.3 is 17.9 Å². The molecule has 308 valence electrons. The molecule has 0 aliphatic carbocycles. The lowest BCUT2D eigenvalue weighted by Gasteiger charge is -2.28. The molecule has 3 N–H and O–H groups in total. The predicted molar refractivity (Wildman–Crippen MR) is 193 cm³/mol. The van der Waals surface area contributed by atoms with Gasteiger partial charge < -0.3 is 72.2 Å². The number of carboxylic acid groups (broad SMARTS) is 3. The lowest BCUT2D eigenvalue weighted by molar-refractivity contribution is -0.0497. The molecule has 18 nitrogen and oxygen atoms in total. The minimum absolute atomic E-state index is 0.0364. The molecule has 3 aromatic carbocycles. The van der Waals surface area contributed by atoms with Crippen LogP contribution in [0.2, 0.25) is 0 Å². The van der Waals surface area contributed by atoms with Crippen LogP contribution in [0.25, 0.3) is 0 Å². The number of fused-ring (bicyclic) bond motifs is 6. The van der Waals surface area contributed by atoms with Crippen LogP contribution in [0.5, 0.6) is 69.0 Å². The van der Waals surface area contributed by atoms with Crippen molar-refractivity contribution in [2.24, 2.45) is 0 Å². The SMILES string of the molecule is CC1(C)Oc2c(c(C(c3c4c(c(C(=O)O)c5c3OC(C)(C)O5)OC(C)(C)O4)c3c4c(c(C(=O)O)c5c3OC(C)(C)O5)OC(C)(C)O4)c3c(c2C(=O)O)OC(C)(C)O3)O1. The molecule has 0 fully saturated rings. The molecule has 0 unspecified atom stereocenters. The second kappa shape index (κ2) is 10.8. The Morgan fingerprint density at radius 2 is 0.448 bits per heavy atom. The van der Waals surface area contributed by atoms with Crippen molar-refractivity contribution in [2.75, 3.05) is 0 Å². The molecule has 0 aromatic heterocycles. The zero-order chi connectivity index (χ0) is 42.2. The molecule has 0 radical (unpaired) electrons. The normalized spacial score (nSPS) is 21.1. The highest BCUT2D eigenvalue weighted by Gasteiger charge is 2.57. The third-order valence-corrected chi connectivity index (χ3v) is 9.75. The third-order valence-electron chi connectivity index (χ3n) is 9.75. The van der Waals surface area contributed by atoms with Crippen LogP contribution in [0.4, 0.5) is 0 Å². The topological polar surface area (TPSA) is 223 Å². The van der Waals surface area contributed by atoms with E-state index < -0.39 is 75.2 Å². The van der Waals surface area contributed by atoms with Crippen molar-refractivity contribution in [3.63, 3.8) is 0 Å². The lowest BCUT2D eigenvalue weighted by Crippen LogP contribution is -2.32. The van der Waals surface area contributed by atoms with Crippen LogP contribution in [0.15, 0.2) is 0 Å². The van der Waals surface area contributed by atoms with Gasteiger partial charge in [-0.05, 0) is 0 Å². The van der Waals surface area contributed by atoms with Crippen LogP contribution >= 0.6 is 0 Å². The summed E-state index contributed by atoms with van der Waals surface area (Å²) in [6.07, 6.45) is 0. The Morgan fingerprint density at radius 3 is 0.586 bits per heavy atom. The first-order chi connectivity index (χ1) is 26.6. The first-order valence-electron chi connectivity index (χ1n) is 18.3. The van der Waals surface area contributed by atoms with Gasteiger partial charge in [-0.25, -0.2) is 14.4 Å². The van der Waals surface area contributed by atoms with Gasteiger partial charge in [0.15, 0.2) is 85.7 Å². The highest BCUT2D eigenvalue weighted by atomic mass is 16.8. The summed E-state index contributed by atoms with van der Waals surface area (Å²) in [5.74, 6) is -16.8. The Labute approximate surface area is 330 Å². The Kier molecular flexibility index (Phi) is 6.93. The van der Waals surface area contributed by atoms with E-state index in [0.717, 1.165) is 0 Å². The largest absolute Gasteiger partial charge is 0.477 e. The molecule has 0 bridgehead atoms. The summed E-state index contributed by atoms with van der Waals surface area (Å²) in [6.45, 7) is 18.8. The second-order valence-electron chi connectivity index (χ2n) is 17.3. The molecular weight excluding hydrogens is 768 g/mol. The maximum atomic E-state index is 13.1. The number of rotatable bonds is 6. The molecule has 0 atom stereocenters. The average Bonchev–Trinajstić information content (AvgIpc) is 3.84. The van der Waals surface area contributed by atoms with Crippen molar-refractivity contribution < 1.29 is 86.5 Å². The number of carbonyl (C=O) groups is 3. The van der Waals surface area contributed by atoms with Crippen molar-refractivity contribution in [1.29, 1.82) is 0 Å². The second-order valence-corrected chi connectivity index (χ2v) is 17.3. The van der Waals surface area contributed by atoms with Crippen molar-refractivity contribution in [3.8, 4) is 69.0 Å². The summed E-state index contributed by atoms with van der Waals surface area (Å²) in [6, 6.07) is 0. The monoisotopic (exact) mass is 808 g/mol. The van der Waals surface area contributed by atoms with Gasteiger partial charge in [-0.2, -0.15) is 0 Å². The number of benzene rings is 3. The summed E-state index contributed by atoms with van der Waals surface area (Å²) < 4.78 is 76.4. The van der Waals surface area contributed by atoms with Gasteiger partial charge in [0.05, 0.1) is 22.6 Å². The fraction of sp³-hybridized carbons (Fsp3) is 0.475. The van der Waals surface area contributed by atoms with Gasteiger partial charge in [0.1, 0.15) is 0 Å². The van der Waals surface area contributed by atoms with Gasteiger partial charge in [-0.1, -0.05) is 0 Å².